The highest BCUT2D eigenvalue weighted by atomic mass is 32.2. The molecule has 6 heteroatoms. The minimum atomic E-state index is -0.925. The average molecular weight is 278 g/mol. The summed E-state index contributed by atoms with van der Waals surface area (Å²) in [5, 5.41) is 8.77. The zero-order chi connectivity index (χ0) is 13.4. The monoisotopic (exact) mass is 278 g/mol. The Kier molecular flexibility index (Phi) is 6.81. The lowest BCUT2D eigenvalue weighted by atomic mass is 10.1. The van der Waals surface area contributed by atoms with E-state index in [0.29, 0.717) is 31.3 Å². The quantitative estimate of drug-likeness (QED) is 0.572. The van der Waals surface area contributed by atoms with Crippen molar-refractivity contribution >= 4 is 16.8 Å². The minimum Gasteiger partial charge on any atom is -0.481 e. The van der Waals surface area contributed by atoms with E-state index < -0.39 is 16.8 Å². The molecule has 1 aliphatic carbocycles. The fourth-order valence-electron chi connectivity index (χ4n) is 1.85. The van der Waals surface area contributed by atoms with Gasteiger partial charge in [0.05, 0.1) is 19.6 Å². The van der Waals surface area contributed by atoms with Crippen molar-refractivity contribution in [2.24, 2.45) is 5.41 Å². The van der Waals surface area contributed by atoms with Crippen molar-refractivity contribution in [1.82, 2.24) is 0 Å². The maximum Gasteiger partial charge on any atom is 0.303 e. The van der Waals surface area contributed by atoms with Gasteiger partial charge in [0.15, 0.2) is 0 Å². The van der Waals surface area contributed by atoms with E-state index in [2.05, 4.69) is 0 Å². The van der Waals surface area contributed by atoms with Crippen LogP contribution in [-0.4, -0.2) is 53.7 Å². The van der Waals surface area contributed by atoms with E-state index in [1.54, 1.807) is 7.11 Å². The lowest BCUT2D eigenvalue weighted by Crippen LogP contribution is -2.18. The van der Waals surface area contributed by atoms with Crippen molar-refractivity contribution in [2.45, 2.75) is 25.7 Å². The Morgan fingerprint density at radius 2 is 2.06 bits per heavy atom. The largest absolute Gasteiger partial charge is 0.481 e. The molecule has 0 bridgehead atoms. The lowest BCUT2D eigenvalue weighted by Gasteiger charge is -2.11. The molecule has 0 aromatic carbocycles. The van der Waals surface area contributed by atoms with Gasteiger partial charge < -0.3 is 14.6 Å². The van der Waals surface area contributed by atoms with E-state index >= 15 is 0 Å². The molecular formula is C12H22O5S. The first-order valence-corrected chi connectivity index (χ1v) is 7.70. The van der Waals surface area contributed by atoms with E-state index in [4.69, 9.17) is 14.6 Å². The second-order valence-corrected chi connectivity index (χ2v) is 6.39. The van der Waals surface area contributed by atoms with Crippen LogP contribution >= 0.6 is 0 Å². The molecule has 0 radical (unpaired) electrons. The molecule has 18 heavy (non-hydrogen) atoms. The molecule has 5 nitrogen and oxygen atoms in total. The highest BCUT2D eigenvalue weighted by Gasteiger charge is 2.45. The zero-order valence-electron chi connectivity index (χ0n) is 10.9. The summed E-state index contributed by atoms with van der Waals surface area (Å²) in [5.41, 5.74) is -0.173. The van der Waals surface area contributed by atoms with Gasteiger partial charge in [-0.15, -0.1) is 0 Å². The van der Waals surface area contributed by atoms with E-state index in [1.807, 2.05) is 0 Å². The SMILES string of the molecule is COCCOCCCS(=O)CC1(CC(=O)O)CC1. The number of methoxy groups -OCH3 is 1. The Balaban J connectivity index is 2.05. The van der Waals surface area contributed by atoms with Gasteiger partial charge in [0.2, 0.25) is 0 Å². The molecule has 0 spiro atoms. The zero-order valence-corrected chi connectivity index (χ0v) is 11.7. The van der Waals surface area contributed by atoms with E-state index in [-0.39, 0.29) is 11.8 Å². The Hall–Kier alpha value is -0.460. The third-order valence-electron chi connectivity index (χ3n) is 3.04. The standard InChI is InChI=1S/C12H22O5S/c1-16-6-7-17-5-2-8-18(15)10-12(3-4-12)9-11(13)14/h2-10H2,1H3,(H,13,14). The molecular weight excluding hydrogens is 256 g/mol. The van der Waals surface area contributed by atoms with Crippen LogP contribution in [0.3, 0.4) is 0 Å². The Labute approximate surface area is 110 Å². The van der Waals surface area contributed by atoms with Crippen LogP contribution in [0.5, 0.6) is 0 Å². The smallest absolute Gasteiger partial charge is 0.303 e. The third-order valence-corrected chi connectivity index (χ3v) is 4.72. The van der Waals surface area contributed by atoms with Crippen molar-refractivity contribution in [3.05, 3.63) is 0 Å². The predicted octanol–water partition coefficient (Wildman–Crippen LogP) is 1.04. The van der Waals surface area contributed by atoms with Crippen LogP contribution in [0.2, 0.25) is 0 Å². The summed E-state index contributed by atoms with van der Waals surface area (Å²) in [7, 11) is 0.696. The highest BCUT2D eigenvalue weighted by molar-refractivity contribution is 7.85. The molecule has 0 heterocycles. The van der Waals surface area contributed by atoms with Gasteiger partial charge in [0.1, 0.15) is 0 Å². The first-order chi connectivity index (χ1) is 8.58. The normalized spacial score (nSPS) is 18.5. The molecule has 1 rings (SSSR count). The number of carboxylic acids is 1. The molecule has 1 fully saturated rings. The van der Waals surface area contributed by atoms with Crippen molar-refractivity contribution in [3.8, 4) is 0 Å². The van der Waals surface area contributed by atoms with Gasteiger partial charge in [-0.25, -0.2) is 0 Å². The number of hydrogen-bond acceptors (Lipinski definition) is 4. The van der Waals surface area contributed by atoms with E-state index in [9.17, 15) is 9.00 Å². The highest BCUT2D eigenvalue weighted by Crippen LogP contribution is 2.49. The molecule has 1 unspecified atom stereocenters. The van der Waals surface area contributed by atoms with E-state index in [0.717, 1.165) is 19.3 Å². The molecule has 0 saturated heterocycles. The van der Waals surface area contributed by atoms with Crippen molar-refractivity contribution in [3.63, 3.8) is 0 Å². The van der Waals surface area contributed by atoms with Gasteiger partial charge in [-0.05, 0) is 24.7 Å². The molecule has 1 N–H and O–H groups in total. The summed E-state index contributed by atoms with van der Waals surface area (Å²) >= 11 is 0. The molecule has 1 aliphatic rings. The lowest BCUT2D eigenvalue weighted by molar-refractivity contribution is -0.138. The summed E-state index contributed by atoms with van der Waals surface area (Å²) in [6.07, 6.45) is 2.70. The van der Waals surface area contributed by atoms with Gasteiger partial charge in [0, 0.05) is 36.0 Å². The summed E-state index contributed by atoms with van der Waals surface area (Å²) < 4.78 is 21.9. The number of hydrogen-bond donors (Lipinski definition) is 1. The number of rotatable bonds is 11. The summed E-state index contributed by atoms with van der Waals surface area (Å²) in [6, 6.07) is 0. The second kappa shape index (κ2) is 7.86. The molecule has 0 aliphatic heterocycles. The van der Waals surface area contributed by atoms with E-state index in [1.165, 1.54) is 0 Å². The fourth-order valence-corrected chi connectivity index (χ4v) is 3.51. The molecule has 1 atom stereocenters. The van der Waals surface area contributed by atoms with Crippen molar-refractivity contribution in [1.29, 1.82) is 0 Å². The maximum atomic E-state index is 11.8. The topological polar surface area (TPSA) is 72.8 Å². The summed E-state index contributed by atoms with van der Waals surface area (Å²) in [4.78, 5) is 10.7. The minimum absolute atomic E-state index is 0.156. The predicted molar refractivity (Wildman–Crippen MR) is 69.1 cm³/mol. The van der Waals surface area contributed by atoms with Gasteiger partial charge in [-0.2, -0.15) is 0 Å². The van der Waals surface area contributed by atoms with Crippen LogP contribution in [0.15, 0.2) is 0 Å². The van der Waals surface area contributed by atoms with Crippen LogP contribution in [0, 0.1) is 5.41 Å². The van der Waals surface area contributed by atoms with Crippen molar-refractivity contribution in [2.75, 3.05) is 38.4 Å². The number of ether oxygens (including phenoxy) is 2. The van der Waals surface area contributed by atoms with Gasteiger partial charge in [-0.3, -0.25) is 9.00 Å². The molecule has 0 amide bonds. The van der Waals surface area contributed by atoms with Gasteiger partial charge in [-0.1, -0.05) is 0 Å². The Morgan fingerprint density at radius 1 is 1.33 bits per heavy atom. The third kappa shape index (κ3) is 6.47. The first kappa shape index (κ1) is 15.6. The average Bonchev–Trinajstić information content (AvgIpc) is 3.01. The summed E-state index contributed by atoms with van der Waals surface area (Å²) in [5.74, 6) is 0.332. The molecule has 0 aromatic heterocycles. The van der Waals surface area contributed by atoms with Crippen molar-refractivity contribution < 1.29 is 23.6 Å². The fraction of sp³-hybridized carbons (Fsp3) is 0.917. The van der Waals surface area contributed by atoms with Crippen LogP contribution in [-0.2, 0) is 25.1 Å². The first-order valence-electron chi connectivity index (χ1n) is 6.21. The summed E-state index contributed by atoms with van der Waals surface area (Å²) in [6.45, 7) is 1.72. The Morgan fingerprint density at radius 3 is 2.61 bits per heavy atom. The van der Waals surface area contributed by atoms with Crippen LogP contribution in [0.25, 0.3) is 0 Å². The molecule has 106 valence electrons. The van der Waals surface area contributed by atoms with Crippen LogP contribution in [0.4, 0.5) is 0 Å². The van der Waals surface area contributed by atoms with Gasteiger partial charge in [0.25, 0.3) is 0 Å². The number of aliphatic carboxylic acids is 1. The van der Waals surface area contributed by atoms with Gasteiger partial charge >= 0.3 is 5.97 Å². The molecule has 0 aromatic rings. The number of carboxylic acid groups (broad SMARTS) is 1. The second-order valence-electron chi connectivity index (χ2n) is 4.82. The Bertz CT molecular complexity index is 288. The maximum absolute atomic E-state index is 11.8. The van der Waals surface area contributed by atoms with Crippen LogP contribution in [0.1, 0.15) is 25.7 Å². The molecule has 1 saturated carbocycles. The number of carbonyl (C=O) groups is 1. The van der Waals surface area contributed by atoms with Crippen LogP contribution < -0.4 is 0 Å².